The summed E-state index contributed by atoms with van der Waals surface area (Å²) in [5.41, 5.74) is 7.75. The highest BCUT2D eigenvalue weighted by Crippen LogP contribution is 2.35. The number of furan rings is 2. The zero-order valence-corrected chi connectivity index (χ0v) is 25.7. The first kappa shape index (κ1) is 27.7. The molecule has 9 aromatic rings. The maximum Gasteiger partial charge on any atom is 0.161 e. The topological polar surface area (TPSA) is 74.8 Å². The third-order valence-corrected chi connectivity index (χ3v) is 8.85. The Morgan fingerprint density at radius 3 is 2.08 bits per heavy atom. The zero-order chi connectivity index (χ0) is 32.0. The van der Waals surface area contributed by atoms with Crippen LogP contribution >= 0.6 is 0 Å². The molecule has 9 rings (SSSR count). The molecule has 0 aliphatic heterocycles. The molecule has 0 radical (unpaired) electrons. The number of aliphatic imine (C=N–C) groups is 2. The van der Waals surface area contributed by atoms with E-state index in [4.69, 9.17) is 24.2 Å². The van der Waals surface area contributed by atoms with Crippen LogP contribution in [0.5, 0.6) is 0 Å². The van der Waals surface area contributed by atoms with Gasteiger partial charge >= 0.3 is 0 Å². The van der Waals surface area contributed by atoms with E-state index in [0.717, 1.165) is 66.1 Å². The quantitative estimate of drug-likeness (QED) is 0.158. The molecule has 5 heteroatoms. The average Bonchev–Trinajstić information content (AvgIpc) is 3.72. The van der Waals surface area contributed by atoms with E-state index < -0.39 is 0 Å². The molecule has 0 amide bonds. The highest BCUT2D eigenvalue weighted by molar-refractivity contribution is 6.22. The fraction of sp³-hybridized carbons (Fsp3) is 0. The molecule has 7 aromatic carbocycles. The molecule has 0 spiro atoms. The van der Waals surface area contributed by atoms with E-state index in [0.29, 0.717) is 11.4 Å². The van der Waals surface area contributed by atoms with Gasteiger partial charge in [-0.3, -0.25) is 5.41 Å². The minimum atomic E-state index is 0.108. The predicted octanol–water partition coefficient (Wildman–Crippen LogP) is 11.2. The summed E-state index contributed by atoms with van der Waals surface area (Å²) in [7, 11) is 0. The first-order chi connectivity index (χ1) is 23.7. The van der Waals surface area contributed by atoms with Gasteiger partial charge in [0.1, 0.15) is 22.3 Å². The van der Waals surface area contributed by atoms with Crippen LogP contribution < -0.4 is 0 Å². The molecule has 48 heavy (non-hydrogen) atoms. The van der Waals surface area contributed by atoms with Crippen molar-refractivity contribution in [3.8, 4) is 11.1 Å². The third-order valence-electron chi connectivity index (χ3n) is 8.85. The lowest BCUT2D eigenvalue weighted by Gasteiger charge is -2.05. The van der Waals surface area contributed by atoms with Crippen LogP contribution in [0.3, 0.4) is 0 Å². The maximum absolute atomic E-state index is 9.12. The smallest absolute Gasteiger partial charge is 0.161 e. The van der Waals surface area contributed by atoms with Gasteiger partial charge in [0.2, 0.25) is 0 Å². The summed E-state index contributed by atoms with van der Waals surface area (Å²) in [5.74, 6) is 0.546. The van der Waals surface area contributed by atoms with Crippen LogP contribution in [0, 0.1) is 5.41 Å². The Morgan fingerprint density at radius 2 is 1.19 bits per heavy atom. The summed E-state index contributed by atoms with van der Waals surface area (Å²) in [6.45, 7) is 0. The Morgan fingerprint density at radius 1 is 0.521 bits per heavy atom. The number of hydrogen-bond donors (Lipinski definition) is 1. The van der Waals surface area contributed by atoms with E-state index >= 15 is 0 Å². The molecule has 2 heterocycles. The fourth-order valence-corrected chi connectivity index (χ4v) is 6.53. The Hall–Kier alpha value is -6.59. The monoisotopic (exact) mass is 617 g/mol. The van der Waals surface area contributed by atoms with Crippen LogP contribution in [0.2, 0.25) is 0 Å². The van der Waals surface area contributed by atoms with Crippen molar-refractivity contribution in [2.24, 2.45) is 9.98 Å². The van der Waals surface area contributed by atoms with Gasteiger partial charge in [0.05, 0.1) is 0 Å². The lowest BCUT2D eigenvalue weighted by molar-refractivity contribution is 0.668. The number of nitrogens with one attached hydrogen (secondary N) is 1. The summed E-state index contributed by atoms with van der Waals surface area (Å²) in [5, 5.41) is 15.4. The Kier molecular flexibility index (Phi) is 6.54. The molecular formula is C43H27N3O2. The lowest BCUT2D eigenvalue weighted by Crippen LogP contribution is -2.05. The van der Waals surface area contributed by atoms with Gasteiger partial charge in [-0.05, 0) is 58.3 Å². The number of nitrogens with zero attached hydrogens (tertiary/aromatic N) is 2. The van der Waals surface area contributed by atoms with Crippen LogP contribution in [0.25, 0.3) is 65.8 Å². The molecule has 0 bridgehead atoms. The Bertz CT molecular complexity index is 2750. The molecule has 0 aliphatic rings. The van der Waals surface area contributed by atoms with Gasteiger partial charge < -0.3 is 8.83 Å². The molecule has 226 valence electrons. The number of para-hydroxylation sites is 1. The SMILES string of the molecule is N=C(N=C(N=Cc1cccc2oc3cc(-c4ccc5ccccc5c4)ccc3c12)c1ccccc1)c1cccc2oc3ccccc3c12. The van der Waals surface area contributed by atoms with E-state index in [1.165, 1.54) is 10.8 Å². The number of benzene rings is 7. The second kappa shape index (κ2) is 11.3. The molecular weight excluding hydrogens is 590 g/mol. The standard InChI is InChI=1S/C43H27N3O2/c44-42(35-16-9-19-38-41(35)33-15-6-7-17-36(33)47-38)46-43(28-11-2-1-3-12-28)45-26-32-14-8-18-37-40(32)34-23-22-31(25-39(34)48-37)30-21-20-27-10-4-5-13-29(27)24-30/h1-26,44H. The van der Waals surface area contributed by atoms with Gasteiger partial charge in [0.25, 0.3) is 0 Å². The lowest BCUT2D eigenvalue weighted by atomic mass is 9.99. The van der Waals surface area contributed by atoms with Crippen molar-refractivity contribution >= 4 is 72.5 Å². The van der Waals surface area contributed by atoms with E-state index in [-0.39, 0.29) is 5.84 Å². The average molecular weight is 618 g/mol. The van der Waals surface area contributed by atoms with Crippen LogP contribution in [0.1, 0.15) is 16.7 Å². The maximum atomic E-state index is 9.12. The van der Waals surface area contributed by atoms with Crippen molar-refractivity contribution in [2.75, 3.05) is 0 Å². The van der Waals surface area contributed by atoms with Gasteiger partial charge in [0.15, 0.2) is 11.7 Å². The zero-order valence-electron chi connectivity index (χ0n) is 25.7. The van der Waals surface area contributed by atoms with E-state index in [9.17, 15) is 0 Å². The molecule has 0 atom stereocenters. The first-order valence-electron chi connectivity index (χ1n) is 15.8. The normalized spacial score (nSPS) is 12.3. The van der Waals surface area contributed by atoms with Crippen LogP contribution in [-0.2, 0) is 0 Å². The van der Waals surface area contributed by atoms with Crippen molar-refractivity contribution in [3.05, 3.63) is 168 Å². The second-order valence-corrected chi connectivity index (χ2v) is 11.8. The molecule has 5 nitrogen and oxygen atoms in total. The second-order valence-electron chi connectivity index (χ2n) is 11.8. The summed E-state index contributed by atoms with van der Waals surface area (Å²) >= 11 is 0. The van der Waals surface area contributed by atoms with Crippen LogP contribution in [0.15, 0.2) is 170 Å². The molecule has 2 aromatic heterocycles. The Labute approximate surface area is 275 Å². The van der Waals surface area contributed by atoms with Crippen molar-refractivity contribution in [2.45, 2.75) is 0 Å². The predicted molar refractivity (Wildman–Crippen MR) is 198 cm³/mol. The van der Waals surface area contributed by atoms with Crippen molar-refractivity contribution < 1.29 is 8.83 Å². The van der Waals surface area contributed by atoms with Crippen LogP contribution in [0.4, 0.5) is 0 Å². The minimum Gasteiger partial charge on any atom is -0.456 e. The van der Waals surface area contributed by atoms with Gasteiger partial charge in [-0.2, -0.15) is 0 Å². The molecule has 0 fully saturated rings. The summed E-state index contributed by atoms with van der Waals surface area (Å²) < 4.78 is 12.5. The van der Waals surface area contributed by atoms with E-state index in [2.05, 4.69) is 60.7 Å². The van der Waals surface area contributed by atoms with Crippen molar-refractivity contribution in [1.82, 2.24) is 0 Å². The summed E-state index contributed by atoms with van der Waals surface area (Å²) in [6, 6.07) is 50.7. The Balaban J connectivity index is 1.13. The fourth-order valence-electron chi connectivity index (χ4n) is 6.53. The minimum absolute atomic E-state index is 0.108. The molecule has 0 unspecified atom stereocenters. The van der Waals surface area contributed by atoms with Gasteiger partial charge in [-0.1, -0.05) is 115 Å². The molecule has 0 saturated heterocycles. The van der Waals surface area contributed by atoms with E-state index in [1.807, 2.05) is 97.2 Å². The molecule has 0 saturated carbocycles. The summed E-state index contributed by atoms with van der Waals surface area (Å²) in [4.78, 5) is 9.71. The van der Waals surface area contributed by atoms with Crippen LogP contribution in [-0.4, -0.2) is 17.9 Å². The van der Waals surface area contributed by atoms with Crippen molar-refractivity contribution in [3.63, 3.8) is 0 Å². The first-order valence-corrected chi connectivity index (χ1v) is 15.8. The highest BCUT2D eigenvalue weighted by Gasteiger charge is 2.16. The third kappa shape index (κ3) is 4.77. The number of fused-ring (bicyclic) bond motifs is 7. The summed E-state index contributed by atoms with van der Waals surface area (Å²) in [6.07, 6.45) is 1.82. The molecule has 1 N–H and O–H groups in total. The number of amidine groups is 2. The number of hydrogen-bond acceptors (Lipinski definition) is 3. The highest BCUT2D eigenvalue weighted by atomic mass is 16.3. The van der Waals surface area contributed by atoms with Crippen molar-refractivity contribution in [1.29, 1.82) is 5.41 Å². The molecule has 0 aliphatic carbocycles. The number of rotatable bonds is 4. The largest absolute Gasteiger partial charge is 0.456 e. The van der Waals surface area contributed by atoms with Gasteiger partial charge in [-0.15, -0.1) is 0 Å². The van der Waals surface area contributed by atoms with E-state index in [1.54, 1.807) is 0 Å². The van der Waals surface area contributed by atoms with Gasteiger partial charge in [0, 0.05) is 44.4 Å². The van der Waals surface area contributed by atoms with Gasteiger partial charge in [-0.25, -0.2) is 9.98 Å².